The van der Waals surface area contributed by atoms with Crippen molar-refractivity contribution >= 4 is 10.8 Å². The first-order chi connectivity index (χ1) is 6.83. The number of nitrogens with two attached hydrogens (primary N) is 1. The molecule has 0 spiro atoms. The van der Waals surface area contributed by atoms with Gasteiger partial charge in [0.25, 0.3) is 0 Å². The van der Waals surface area contributed by atoms with E-state index in [9.17, 15) is 0 Å². The van der Waals surface area contributed by atoms with E-state index in [2.05, 4.69) is 36.2 Å². The molecule has 2 aromatic rings. The van der Waals surface area contributed by atoms with Crippen LogP contribution in [-0.2, 0) is 0 Å². The van der Waals surface area contributed by atoms with Crippen molar-refractivity contribution in [2.24, 2.45) is 5.73 Å². The second-order valence-corrected chi connectivity index (χ2v) is 3.58. The molecule has 2 heteroatoms. The number of hydrogen-bond acceptors (Lipinski definition) is 2. The molecule has 1 heterocycles. The highest BCUT2D eigenvalue weighted by molar-refractivity contribution is 5.85. The normalized spacial score (nSPS) is 13.0. The summed E-state index contributed by atoms with van der Waals surface area (Å²) in [7, 11) is 0. The maximum Gasteiger partial charge on any atom is 0.0346 e. The smallest absolute Gasteiger partial charge is 0.0346 e. The van der Waals surface area contributed by atoms with Crippen LogP contribution in [0.3, 0.4) is 0 Å². The summed E-state index contributed by atoms with van der Waals surface area (Å²) in [6.45, 7) is 2.83. The first-order valence-electron chi connectivity index (χ1n) is 4.85. The van der Waals surface area contributed by atoms with Crippen LogP contribution < -0.4 is 5.73 Å². The van der Waals surface area contributed by atoms with Gasteiger partial charge in [-0.15, -0.1) is 0 Å². The van der Waals surface area contributed by atoms with Crippen LogP contribution >= 0.6 is 0 Å². The predicted molar refractivity (Wildman–Crippen MR) is 59.2 cm³/mol. The van der Waals surface area contributed by atoms with Crippen molar-refractivity contribution in [1.29, 1.82) is 0 Å². The molecule has 0 fully saturated rings. The van der Waals surface area contributed by atoms with Gasteiger partial charge in [-0.05, 0) is 29.5 Å². The maximum absolute atomic E-state index is 5.68. The summed E-state index contributed by atoms with van der Waals surface area (Å²) in [4.78, 5) is 4.11. The third-order valence-electron chi connectivity index (χ3n) is 2.60. The lowest BCUT2D eigenvalue weighted by molar-refractivity contribution is 0.781. The molecule has 2 N–H and O–H groups in total. The summed E-state index contributed by atoms with van der Waals surface area (Å²) in [6, 6.07) is 8.33. The first-order valence-corrected chi connectivity index (χ1v) is 4.85. The van der Waals surface area contributed by atoms with Gasteiger partial charge in [0.15, 0.2) is 0 Å². The maximum atomic E-state index is 5.68. The Morgan fingerprint density at radius 2 is 2.21 bits per heavy atom. The van der Waals surface area contributed by atoms with E-state index in [-0.39, 0.29) is 0 Å². The molecular formula is C12H14N2. The molecule has 0 aliphatic carbocycles. The Hall–Kier alpha value is -1.41. The molecule has 72 valence electrons. The lowest BCUT2D eigenvalue weighted by Gasteiger charge is -2.11. The van der Waals surface area contributed by atoms with Crippen molar-refractivity contribution in [2.45, 2.75) is 12.8 Å². The molecule has 0 bridgehead atoms. The van der Waals surface area contributed by atoms with Gasteiger partial charge in [0, 0.05) is 17.8 Å². The Morgan fingerprint density at radius 3 is 3.00 bits per heavy atom. The van der Waals surface area contributed by atoms with Gasteiger partial charge in [0.05, 0.1) is 0 Å². The van der Waals surface area contributed by atoms with Crippen LogP contribution in [0, 0.1) is 0 Å². The molecule has 0 aliphatic rings. The fraction of sp³-hybridized carbons (Fsp3) is 0.250. The molecule has 0 radical (unpaired) electrons. The van der Waals surface area contributed by atoms with E-state index in [1.165, 1.54) is 16.3 Å². The van der Waals surface area contributed by atoms with Crippen LogP contribution in [-0.4, -0.2) is 11.5 Å². The van der Waals surface area contributed by atoms with Gasteiger partial charge in [0.2, 0.25) is 0 Å². The van der Waals surface area contributed by atoms with E-state index in [0.29, 0.717) is 12.5 Å². The number of fused-ring (bicyclic) bond motifs is 1. The molecule has 1 aromatic heterocycles. The quantitative estimate of drug-likeness (QED) is 0.781. The Kier molecular flexibility index (Phi) is 2.46. The topological polar surface area (TPSA) is 38.9 Å². The monoisotopic (exact) mass is 186 g/mol. The molecule has 14 heavy (non-hydrogen) atoms. The number of nitrogens with zero attached hydrogens (tertiary/aromatic N) is 1. The van der Waals surface area contributed by atoms with Gasteiger partial charge < -0.3 is 5.73 Å². The van der Waals surface area contributed by atoms with Gasteiger partial charge >= 0.3 is 0 Å². The standard InChI is InChI=1S/C12H14N2/c1-9(7-13)11-4-2-3-10-8-14-6-5-12(10)11/h2-6,8-9H,7,13H2,1H3/t9-/m0/s1. The van der Waals surface area contributed by atoms with Crippen LogP contribution in [0.1, 0.15) is 18.4 Å². The molecule has 1 atom stereocenters. The van der Waals surface area contributed by atoms with Crippen molar-refractivity contribution < 1.29 is 0 Å². The highest BCUT2D eigenvalue weighted by Gasteiger charge is 2.06. The van der Waals surface area contributed by atoms with E-state index in [0.717, 1.165) is 0 Å². The molecule has 2 rings (SSSR count). The Bertz CT molecular complexity index is 432. The molecular weight excluding hydrogens is 172 g/mol. The van der Waals surface area contributed by atoms with Crippen molar-refractivity contribution in [3.8, 4) is 0 Å². The summed E-state index contributed by atoms with van der Waals surface area (Å²) in [6.07, 6.45) is 3.72. The van der Waals surface area contributed by atoms with Crippen molar-refractivity contribution in [2.75, 3.05) is 6.54 Å². The summed E-state index contributed by atoms with van der Waals surface area (Å²) in [5.74, 6) is 0.404. The molecule has 0 unspecified atom stereocenters. The SMILES string of the molecule is C[C@@H](CN)c1cccc2cnccc12. The summed E-state index contributed by atoms with van der Waals surface area (Å²) in [5, 5.41) is 2.45. The average molecular weight is 186 g/mol. The number of aromatic nitrogens is 1. The summed E-state index contributed by atoms with van der Waals surface area (Å²) in [5.41, 5.74) is 6.99. The van der Waals surface area contributed by atoms with E-state index in [1.54, 1.807) is 0 Å². The minimum Gasteiger partial charge on any atom is -0.330 e. The van der Waals surface area contributed by atoms with Crippen LogP contribution in [0.4, 0.5) is 0 Å². The van der Waals surface area contributed by atoms with E-state index >= 15 is 0 Å². The third kappa shape index (κ3) is 1.49. The average Bonchev–Trinajstić information content (AvgIpc) is 2.27. The molecule has 0 saturated heterocycles. The largest absolute Gasteiger partial charge is 0.330 e. The fourth-order valence-corrected chi connectivity index (χ4v) is 1.70. The fourth-order valence-electron chi connectivity index (χ4n) is 1.70. The van der Waals surface area contributed by atoms with Crippen molar-refractivity contribution in [3.63, 3.8) is 0 Å². The van der Waals surface area contributed by atoms with Crippen LogP contribution in [0.25, 0.3) is 10.8 Å². The second-order valence-electron chi connectivity index (χ2n) is 3.58. The van der Waals surface area contributed by atoms with Crippen molar-refractivity contribution in [3.05, 3.63) is 42.2 Å². The van der Waals surface area contributed by atoms with Gasteiger partial charge in [-0.25, -0.2) is 0 Å². The molecule has 2 nitrogen and oxygen atoms in total. The Labute approximate surface area is 83.8 Å². The number of hydrogen-bond donors (Lipinski definition) is 1. The Balaban J connectivity index is 2.65. The zero-order valence-corrected chi connectivity index (χ0v) is 8.27. The van der Waals surface area contributed by atoms with Gasteiger partial charge in [-0.3, -0.25) is 4.98 Å². The minimum absolute atomic E-state index is 0.404. The lowest BCUT2D eigenvalue weighted by atomic mass is 9.96. The lowest BCUT2D eigenvalue weighted by Crippen LogP contribution is -2.09. The van der Waals surface area contributed by atoms with Crippen LogP contribution in [0.2, 0.25) is 0 Å². The molecule has 0 aliphatic heterocycles. The second kappa shape index (κ2) is 3.76. The Morgan fingerprint density at radius 1 is 1.36 bits per heavy atom. The number of benzene rings is 1. The van der Waals surface area contributed by atoms with E-state index in [1.807, 2.05) is 12.4 Å². The zero-order chi connectivity index (χ0) is 9.97. The zero-order valence-electron chi connectivity index (χ0n) is 8.27. The summed E-state index contributed by atoms with van der Waals surface area (Å²) < 4.78 is 0. The highest BCUT2D eigenvalue weighted by Crippen LogP contribution is 2.23. The van der Waals surface area contributed by atoms with Crippen LogP contribution in [0.15, 0.2) is 36.7 Å². The van der Waals surface area contributed by atoms with E-state index in [4.69, 9.17) is 5.73 Å². The minimum atomic E-state index is 0.404. The van der Waals surface area contributed by atoms with Crippen molar-refractivity contribution in [1.82, 2.24) is 4.98 Å². The van der Waals surface area contributed by atoms with Gasteiger partial charge in [-0.2, -0.15) is 0 Å². The van der Waals surface area contributed by atoms with E-state index < -0.39 is 0 Å². The number of rotatable bonds is 2. The number of pyridine rings is 1. The first kappa shape index (κ1) is 9.16. The summed E-state index contributed by atoms with van der Waals surface area (Å²) >= 11 is 0. The highest BCUT2D eigenvalue weighted by atomic mass is 14.6. The molecule has 1 aromatic carbocycles. The van der Waals surface area contributed by atoms with Gasteiger partial charge in [-0.1, -0.05) is 25.1 Å². The van der Waals surface area contributed by atoms with Crippen LogP contribution in [0.5, 0.6) is 0 Å². The van der Waals surface area contributed by atoms with Gasteiger partial charge in [0.1, 0.15) is 0 Å². The molecule has 0 saturated carbocycles. The molecule has 0 amide bonds. The predicted octanol–water partition coefficient (Wildman–Crippen LogP) is 2.30. The third-order valence-corrected chi connectivity index (χ3v) is 2.60.